The second-order valence-corrected chi connectivity index (χ2v) is 11.7. The van der Waals surface area contributed by atoms with E-state index in [1.54, 1.807) is 0 Å². The average Bonchev–Trinajstić information content (AvgIpc) is 3.24. The smallest absolute Gasteiger partial charge is 0.0613 e. The van der Waals surface area contributed by atoms with Crippen molar-refractivity contribution < 1.29 is 0 Å². The van der Waals surface area contributed by atoms with Gasteiger partial charge in [0.1, 0.15) is 0 Å². The van der Waals surface area contributed by atoms with Crippen molar-refractivity contribution in [3.8, 4) is 0 Å². The van der Waals surface area contributed by atoms with E-state index in [9.17, 15) is 0 Å². The van der Waals surface area contributed by atoms with Crippen molar-refractivity contribution in [3.63, 3.8) is 0 Å². The second kappa shape index (κ2) is 9.07. The first-order valence-electron chi connectivity index (χ1n) is 14.3. The molecule has 0 saturated heterocycles. The highest BCUT2D eigenvalue weighted by molar-refractivity contribution is 5.98. The Kier molecular flexibility index (Phi) is 5.58. The molecule has 1 aliphatic rings. The van der Waals surface area contributed by atoms with Crippen molar-refractivity contribution in [2.75, 3.05) is 0 Å². The average molecular weight is 515 g/mol. The van der Waals surface area contributed by atoms with Crippen LogP contribution in [0.5, 0.6) is 0 Å². The van der Waals surface area contributed by atoms with Crippen molar-refractivity contribution in [2.45, 2.75) is 38.5 Å². The van der Waals surface area contributed by atoms with Gasteiger partial charge in [-0.15, -0.1) is 0 Å². The van der Waals surface area contributed by atoms with Crippen molar-refractivity contribution in [1.29, 1.82) is 0 Å². The van der Waals surface area contributed by atoms with Gasteiger partial charge in [-0.3, -0.25) is 0 Å². The molecule has 194 valence electrons. The zero-order valence-corrected chi connectivity index (χ0v) is 23.7. The number of hydrogen-bond acceptors (Lipinski definition) is 0. The summed E-state index contributed by atoms with van der Waals surface area (Å²) in [7, 11) is 0. The van der Waals surface area contributed by atoms with E-state index in [0.29, 0.717) is 0 Å². The fourth-order valence-electron chi connectivity index (χ4n) is 7.41. The van der Waals surface area contributed by atoms with E-state index in [1.807, 2.05) is 0 Å². The van der Waals surface area contributed by atoms with Gasteiger partial charge in [0, 0.05) is 0 Å². The van der Waals surface area contributed by atoms with Crippen LogP contribution in [-0.4, -0.2) is 0 Å². The minimum absolute atomic E-state index is 0.498. The van der Waals surface area contributed by atoms with Gasteiger partial charge in [-0.25, -0.2) is 0 Å². The largest absolute Gasteiger partial charge is 0.0635 e. The molecule has 1 aliphatic carbocycles. The van der Waals surface area contributed by atoms with Crippen molar-refractivity contribution >= 4 is 10.8 Å². The van der Waals surface area contributed by atoms with Crippen LogP contribution in [0.3, 0.4) is 0 Å². The SMILES string of the molecule is Cc1ccc(C2(c3ccc(C)cc3)c3cccc4cccc(c34)C2(c2ccc(C)cc2)c2ccc(C)cc2)cc1. The van der Waals surface area contributed by atoms with Crippen LogP contribution in [0.25, 0.3) is 10.8 Å². The van der Waals surface area contributed by atoms with Gasteiger partial charge >= 0.3 is 0 Å². The van der Waals surface area contributed by atoms with Crippen LogP contribution in [0.15, 0.2) is 133 Å². The summed E-state index contributed by atoms with van der Waals surface area (Å²) in [4.78, 5) is 0. The summed E-state index contributed by atoms with van der Waals surface area (Å²) in [5.41, 5.74) is 12.1. The molecule has 0 unspecified atom stereocenters. The summed E-state index contributed by atoms with van der Waals surface area (Å²) < 4.78 is 0. The fourth-order valence-corrected chi connectivity index (χ4v) is 7.41. The molecule has 0 atom stereocenters. The van der Waals surface area contributed by atoms with E-state index in [-0.39, 0.29) is 0 Å². The number of aryl methyl sites for hydroxylation is 4. The minimum Gasteiger partial charge on any atom is -0.0613 e. The zero-order valence-electron chi connectivity index (χ0n) is 23.7. The maximum atomic E-state index is 2.38. The maximum Gasteiger partial charge on any atom is 0.0635 e. The third-order valence-corrected chi connectivity index (χ3v) is 9.21. The molecular formula is C40H34. The molecule has 0 saturated carbocycles. The molecule has 0 heterocycles. The number of rotatable bonds is 4. The van der Waals surface area contributed by atoms with Crippen LogP contribution in [0.4, 0.5) is 0 Å². The lowest BCUT2D eigenvalue weighted by atomic mass is 9.50. The van der Waals surface area contributed by atoms with Crippen molar-refractivity contribution in [1.82, 2.24) is 0 Å². The molecule has 0 spiro atoms. The molecule has 0 nitrogen and oxygen atoms in total. The first-order valence-corrected chi connectivity index (χ1v) is 14.3. The molecule has 0 bridgehead atoms. The summed E-state index contributed by atoms with van der Waals surface area (Å²) in [5, 5.41) is 2.66. The molecule has 7 rings (SSSR count). The van der Waals surface area contributed by atoms with Crippen LogP contribution in [-0.2, 0) is 10.8 Å². The van der Waals surface area contributed by atoms with Crippen LogP contribution in [0.1, 0.15) is 55.6 Å². The minimum atomic E-state index is -0.498. The number of hydrogen-bond donors (Lipinski definition) is 0. The Hall–Kier alpha value is -4.42. The summed E-state index contributed by atoms with van der Waals surface area (Å²) in [6, 6.07) is 51.0. The molecule has 0 aromatic heterocycles. The predicted molar refractivity (Wildman–Crippen MR) is 168 cm³/mol. The van der Waals surface area contributed by atoms with Crippen molar-refractivity contribution in [2.24, 2.45) is 0 Å². The molecule has 6 aromatic rings. The van der Waals surface area contributed by atoms with Gasteiger partial charge in [-0.1, -0.05) is 156 Å². The van der Waals surface area contributed by atoms with Gasteiger partial charge < -0.3 is 0 Å². The Labute approximate surface area is 238 Å². The van der Waals surface area contributed by atoms with Gasteiger partial charge in [-0.05, 0) is 71.8 Å². The lowest BCUT2D eigenvalue weighted by molar-refractivity contribution is 0.442. The summed E-state index contributed by atoms with van der Waals surface area (Å²) >= 11 is 0. The Balaban J connectivity index is 1.78. The Morgan fingerprint density at radius 1 is 0.325 bits per heavy atom. The lowest BCUT2D eigenvalue weighted by Gasteiger charge is -2.50. The molecular weight excluding hydrogens is 480 g/mol. The highest BCUT2D eigenvalue weighted by atomic mass is 14.6. The highest BCUT2D eigenvalue weighted by Crippen LogP contribution is 2.66. The van der Waals surface area contributed by atoms with E-state index in [0.717, 1.165) is 0 Å². The first-order chi connectivity index (χ1) is 19.5. The molecule has 0 amide bonds. The van der Waals surface area contributed by atoms with Gasteiger partial charge in [0.05, 0.1) is 10.8 Å². The second-order valence-electron chi connectivity index (χ2n) is 11.7. The zero-order chi connectivity index (χ0) is 27.5. The quantitative estimate of drug-likeness (QED) is 0.220. The van der Waals surface area contributed by atoms with Crippen LogP contribution < -0.4 is 0 Å². The topological polar surface area (TPSA) is 0 Å². The normalized spacial score (nSPS) is 14.9. The highest BCUT2D eigenvalue weighted by Gasteiger charge is 2.62. The van der Waals surface area contributed by atoms with E-state index < -0.39 is 10.8 Å². The summed E-state index contributed by atoms with van der Waals surface area (Å²) in [5.74, 6) is 0. The van der Waals surface area contributed by atoms with Crippen molar-refractivity contribution in [3.05, 3.63) is 189 Å². The van der Waals surface area contributed by atoms with Crippen LogP contribution in [0.2, 0.25) is 0 Å². The number of benzene rings is 6. The molecule has 0 heteroatoms. The third-order valence-electron chi connectivity index (χ3n) is 9.21. The molecule has 0 fully saturated rings. The van der Waals surface area contributed by atoms with Gasteiger partial charge in [0.2, 0.25) is 0 Å². The van der Waals surface area contributed by atoms with Gasteiger partial charge in [-0.2, -0.15) is 0 Å². The van der Waals surface area contributed by atoms with Crippen LogP contribution >= 0.6 is 0 Å². The molecule has 40 heavy (non-hydrogen) atoms. The standard InChI is InChI=1S/C40H34/c1-27-11-19-32(20-12-27)39(33-21-13-28(2)14-22-33)36-9-5-7-31-8-6-10-37(38(31)36)40(39,34-23-15-29(3)16-24-34)35-25-17-30(4)18-26-35/h5-26H,1-4H3. The molecule has 6 aromatic carbocycles. The van der Waals surface area contributed by atoms with Crippen LogP contribution in [0, 0.1) is 27.7 Å². The van der Waals surface area contributed by atoms with E-state index >= 15 is 0 Å². The maximum absolute atomic E-state index is 2.38. The predicted octanol–water partition coefficient (Wildman–Crippen LogP) is 9.76. The first kappa shape index (κ1) is 24.6. The van der Waals surface area contributed by atoms with Gasteiger partial charge in [0.25, 0.3) is 0 Å². The van der Waals surface area contributed by atoms with E-state index in [1.165, 1.54) is 66.4 Å². The summed E-state index contributed by atoms with van der Waals surface area (Å²) in [6.45, 7) is 8.72. The monoisotopic (exact) mass is 514 g/mol. The fraction of sp³-hybridized carbons (Fsp3) is 0.150. The van der Waals surface area contributed by atoms with E-state index in [4.69, 9.17) is 0 Å². The third kappa shape index (κ3) is 3.26. The van der Waals surface area contributed by atoms with E-state index in [2.05, 4.69) is 161 Å². The lowest BCUT2D eigenvalue weighted by Crippen LogP contribution is -2.49. The molecule has 0 N–H and O–H groups in total. The Morgan fingerprint density at radius 2 is 0.600 bits per heavy atom. The summed E-state index contributed by atoms with van der Waals surface area (Å²) in [6.07, 6.45) is 0. The Morgan fingerprint density at radius 3 is 0.875 bits per heavy atom. The van der Waals surface area contributed by atoms with Gasteiger partial charge in [0.15, 0.2) is 0 Å². The molecule has 0 radical (unpaired) electrons. The molecule has 0 aliphatic heterocycles. The Bertz CT molecular complexity index is 1610.